The molecule has 0 spiro atoms. The minimum Gasteiger partial charge on any atom is -0.393 e. The zero-order chi connectivity index (χ0) is 35.2. The highest BCUT2D eigenvalue weighted by molar-refractivity contribution is 8.00. The van der Waals surface area contributed by atoms with Crippen LogP contribution in [0.15, 0.2) is 0 Å². The Morgan fingerprint density at radius 3 is 2.45 bits per heavy atom. The van der Waals surface area contributed by atoms with Gasteiger partial charge in [-0.05, 0) is 57.9 Å². The quantitative estimate of drug-likeness (QED) is 0.0724. The van der Waals surface area contributed by atoms with E-state index < -0.39 is 19.0 Å². The summed E-state index contributed by atoms with van der Waals surface area (Å²) in [6.45, 7) is -3.84. The van der Waals surface area contributed by atoms with Crippen molar-refractivity contribution < 1.29 is 39.2 Å². The molecule has 44 heavy (non-hydrogen) atoms. The third kappa shape index (κ3) is 14.3. The minimum atomic E-state index is -2.07. The van der Waals surface area contributed by atoms with Gasteiger partial charge in [-0.2, -0.15) is 11.8 Å². The van der Waals surface area contributed by atoms with Gasteiger partial charge in [-0.15, -0.1) is 0 Å². The van der Waals surface area contributed by atoms with Gasteiger partial charge in [-0.25, -0.2) is 4.79 Å². The maximum absolute atomic E-state index is 12.5. The van der Waals surface area contributed by atoms with Gasteiger partial charge in [0.2, 0.25) is 17.7 Å². The number of aliphatic hydroxyl groups excluding tert-OH is 1. The molecule has 5 amide bonds. The summed E-state index contributed by atoms with van der Waals surface area (Å²) in [6.07, 6.45) is 5.58. The van der Waals surface area contributed by atoms with Crippen molar-refractivity contribution in [2.24, 2.45) is 0 Å². The molecule has 2 aliphatic heterocycles. The normalized spacial score (nSPS) is 26.3. The molecule has 1 saturated carbocycles. The number of amides is 5. The standard InChI is InChI=1S/C30H54N6O7S/c1-36(28(40)7-3-2-6-25-29-24(21-44-25)34-30(41)35-29)20-27(39)32-14-5-17-43-19-18-42-16-4-13-31-15-12-26(38)33-22-8-10-23(37)11-9-22/h22-25,29,31,37H,2-21H2,1H3,(H,32,39)(H,33,38)(H2,34,35,41)/t22?,23?,24-,25-,29-/m0/s1/i16D2,17D2. The summed E-state index contributed by atoms with van der Waals surface area (Å²) < 4.78 is 42.4. The molecule has 6 N–H and O–H groups in total. The van der Waals surface area contributed by atoms with Crippen LogP contribution in [0.1, 0.15) is 76.1 Å². The largest absolute Gasteiger partial charge is 0.393 e. The third-order valence-corrected chi connectivity index (χ3v) is 9.42. The molecule has 0 radical (unpaired) electrons. The van der Waals surface area contributed by atoms with Crippen molar-refractivity contribution in [3.63, 3.8) is 0 Å². The average molecular weight is 647 g/mol. The minimum absolute atomic E-state index is 0.00433. The zero-order valence-corrected chi connectivity index (χ0v) is 26.7. The molecule has 2 saturated heterocycles. The summed E-state index contributed by atoms with van der Waals surface area (Å²) in [4.78, 5) is 49.7. The maximum Gasteiger partial charge on any atom is 0.315 e. The first-order chi connectivity index (χ1) is 22.7. The topological polar surface area (TPSA) is 170 Å². The molecular weight excluding hydrogens is 588 g/mol. The Morgan fingerprint density at radius 2 is 1.70 bits per heavy atom. The molecule has 13 nitrogen and oxygen atoms in total. The Labute approximate surface area is 271 Å². The summed E-state index contributed by atoms with van der Waals surface area (Å²) in [5.74, 6) is 0.263. The van der Waals surface area contributed by atoms with E-state index in [4.69, 9.17) is 15.0 Å². The van der Waals surface area contributed by atoms with E-state index in [9.17, 15) is 24.3 Å². The predicted molar refractivity (Wildman–Crippen MR) is 169 cm³/mol. The monoisotopic (exact) mass is 646 g/mol. The van der Waals surface area contributed by atoms with Crippen molar-refractivity contribution in [3.8, 4) is 0 Å². The average Bonchev–Trinajstić information content (AvgIpc) is 3.57. The zero-order valence-electron chi connectivity index (χ0n) is 29.9. The molecule has 1 aliphatic carbocycles. The lowest BCUT2D eigenvalue weighted by molar-refractivity contribution is -0.134. The van der Waals surface area contributed by atoms with Crippen molar-refractivity contribution in [1.82, 2.24) is 31.5 Å². The van der Waals surface area contributed by atoms with Crippen LogP contribution < -0.4 is 26.6 Å². The third-order valence-electron chi connectivity index (χ3n) is 7.91. The fourth-order valence-electron chi connectivity index (χ4n) is 5.43. The van der Waals surface area contributed by atoms with E-state index in [1.54, 1.807) is 7.05 Å². The Hall–Kier alpha value is -2.13. The summed E-state index contributed by atoms with van der Waals surface area (Å²) in [7, 11) is 1.56. The van der Waals surface area contributed by atoms with Gasteiger partial charge in [-0.3, -0.25) is 14.4 Å². The van der Waals surface area contributed by atoms with Gasteiger partial charge < -0.3 is 46.1 Å². The number of fused-ring (bicyclic) bond motifs is 1. The van der Waals surface area contributed by atoms with Crippen LogP contribution in [0.4, 0.5) is 4.79 Å². The molecule has 14 heteroatoms. The van der Waals surface area contributed by atoms with Crippen LogP contribution in [0, 0.1) is 0 Å². The van der Waals surface area contributed by atoms with Crippen LogP contribution in [0.2, 0.25) is 0 Å². The van der Waals surface area contributed by atoms with Crippen molar-refractivity contribution in [1.29, 1.82) is 0 Å². The molecule has 3 fully saturated rings. The Balaban J connectivity index is 1.16. The van der Waals surface area contributed by atoms with Gasteiger partial charge in [0.15, 0.2) is 0 Å². The second kappa shape index (κ2) is 20.8. The van der Waals surface area contributed by atoms with E-state index in [1.165, 1.54) is 4.90 Å². The Bertz CT molecular complexity index is 1060. The molecule has 0 unspecified atom stereocenters. The van der Waals surface area contributed by atoms with E-state index in [2.05, 4.69) is 26.6 Å². The fraction of sp³-hybridized carbons (Fsp3) is 0.867. The number of carbonyl (C=O) groups excluding carboxylic acids is 4. The van der Waals surface area contributed by atoms with Gasteiger partial charge in [-0.1, -0.05) is 6.42 Å². The maximum atomic E-state index is 12.5. The van der Waals surface area contributed by atoms with Crippen LogP contribution in [-0.2, 0) is 23.9 Å². The van der Waals surface area contributed by atoms with Crippen molar-refractivity contribution in [2.45, 2.75) is 100 Å². The number of likely N-dealkylation sites (N-methyl/N-ethyl adjacent to an activating group) is 1. The number of thioether (sulfide) groups is 1. The number of unbranched alkanes of at least 4 members (excludes halogenated alkanes) is 1. The summed E-state index contributed by atoms with van der Waals surface area (Å²) >= 11 is 1.84. The second-order valence-electron chi connectivity index (χ2n) is 11.5. The molecule has 3 atom stereocenters. The molecule has 3 rings (SSSR count). The molecule has 0 aromatic rings. The van der Waals surface area contributed by atoms with E-state index in [0.29, 0.717) is 44.0 Å². The first-order valence-electron chi connectivity index (χ1n) is 17.9. The van der Waals surface area contributed by atoms with Crippen molar-refractivity contribution in [3.05, 3.63) is 0 Å². The molecule has 252 valence electrons. The molecule has 2 heterocycles. The van der Waals surface area contributed by atoms with Gasteiger partial charge in [0.05, 0.1) is 43.4 Å². The second-order valence-corrected chi connectivity index (χ2v) is 12.8. The van der Waals surface area contributed by atoms with Crippen LogP contribution in [0.25, 0.3) is 0 Å². The van der Waals surface area contributed by atoms with Crippen LogP contribution in [-0.4, -0.2) is 129 Å². The number of rotatable bonds is 22. The van der Waals surface area contributed by atoms with E-state index in [1.807, 2.05) is 11.8 Å². The number of aliphatic hydroxyl groups is 1. The SMILES string of the molecule is [2H]C([2H])(CCNCCC(=O)NC1CCC(O)CC1)OCCOC([2H])([2H])CCNC(=O)CN(C)C(=O)CCCC[C@@H]1SC[C@@H]2NC(=O)N[C@@H]21. The highest BCUT2D eigenvalue weighted by Gasteiger charge is 2.42. The van der Waals surface area contributed by atoms with Crippen LogP contribution in [0.5, 0.6) is 0 Å². The highest BCUT2D eigenvalue weighted by Crippen LogP contribution is 2.33. The van der Waals surface area contributed by atoms with Crippen LogP contribution >= 0.6 is 11.8 Å². The van der Waals surface area contributed by atoms with E-state index >= 15 is 0 Å². The number of hydrogen-bond donors (Lipinski definition) is 6. The van der Waals surface area contributed by atoms with Gasteiger partial charge in [0, 0.05) is 63.1 Å². The smallest absolute Gasteiger partial charge is 0.315 e. The summed E-state index contributed by atoms with van der Waals surface area (Å²) in [5.41, 5.74) is 0. The number of ether oxygens (including phenoxy) is 2. The predicted octanol–water partition coefficient (Wildman–Crippen LogP) is 0.500. The van der Waals surface area contributed by atoms with Crippen molar-refractivity contribution >= 4 is 35.5 Å². The Morgan fingerprint density at radius 1 is 0.977 bits per heavy atom. The molecule has 0 bridgehead atoms. The highest BCUT2D eigenvalue weighted by atomic mass is 32.2. The first kappa shape index (κ1) is 30.5. The fourth-order valence-corrected chi connectivity index (χ4v) is 6.97. The van der Waals surface area contributed by atoms with Crippen molar-refractivity contribution in [2.75, 3.05) is 65.3 Å². The van der Waals surface area contributed by atoms with Crippen LogP contribution in [0.3, 0.4) is 0 Å². The molecule has 0 aromatic heterocycles. The molecule has 0 aromatic carbocycles. The number of nitrogens with one attached hydrogen (secondary N) is 5. The Kier molecular flexibility index (Phi) is 14.4. The van der Waals surface area contributed by atoms with Gasteiger partial charge in [0.25, 0.3) is 0 Å². The van der Waals surface area contributed by atoms with Gasteiger partial charge >= 0.3 is 6.03 Å². The number of nitrogens with zero attached hydrogens (tertiary/aromatic N) is 1. The molecule has 3 aliphatic rings. The van der Waals surface area contributed by atoms with E-state index in [0.717, 1.165) is 31.4 Å². The number of urea groups is 1. The lowest BCUT2D eigenvalue weighted by Gasteiger charge is -2.26. The lowest BCUT2D eigenvalue weighted by atomic mass is 9.93. The number of carbonyl (C=O) groups is 4. The summed E-state index contributed by atoms with van der Waals surface area (Å²) in [6, 6.07) is 0.298. The molecular formula is C30H54N6O7S. The lowest BCUT2D eigenvalue weighted by Crippen LogP contribution is -2.39. The van der Waals surface area contributed by atoms with E-state index in [-0.39, 0.29) is 87.6 Å². The van der Waals surface area contributed by atoms with Gasteiger partial charge in [0.1, 0.15) is 0 Å². The summed E-state index contributed by atoms with van der Waals surface area (Å²) in [5, 5.41) is 24.4. The number of hydrogen-bond acceptors (Lipinski definition) is 9. The first-order valence-corrected chi connectivity index (χ1v) is 16.9.